The highest BCUT2D eigenvalue weighted by Gasteiger charge is 2.28. The number of rotatable bonds is 3. The summed E-state index contributed by atoms with van der Waals surface area (Å²) >= 11 is 17.7. The molecule has 0 saturated heterocycles. The summed E-state index contributed by atoms with van der Waals surface area (Å²) in [7, 11) is 1.45. The molecule has 0 atom stereocenters. The van der Waals surface area contributed by atoms with Gasteiger partial charge in [0.1, 0.15) is 5.60 Å². The molecule has 3 nitrogen and oxygen atoms in total. The van der Waals surface area contributed by atoms with Crippen molar-refractivity contribution in [3.8, 4) is 0 Å². The van der Waals surface area contributed by atoms with Crippen LogP contribution in [0.15, 0.2) is 12.1 Å². The van der Waals surface area contributed by atoms with E-state index in [9.17, 15) is 4.79 Å². The van der Waals surface area contributed by atoms with Crippen molar-refractivity contribution < 1.29 is 9.53 Å². The van der Waals surface area contributed by atoms with Crippen LogP contribution in [0.4, 0.5) is 5.69 Å². The van der Waals surface area contributed by atoms with Gasteiger partial charge in [-0.05, 0) is 26.0 Å². The van der Waals surface area contributed by atoms with E-state index >= 15 is 0 Å². The lowest BCUT2D eigenvalue weighted by Crippen LogP contribution is -2.38. The Hall–Kier alpha value is -0.480. The molecular weight excluding hydrogens is 284 g/mol. The Labute approximate surface area is 115 Å². The lowest BCUT2D eigenvalue weighted by atomic mass is 10.1. The topological polar surface area (TPSA) is 38.3 Å². The van der Waals surface area contributed by atoms with Crippen molar-refractivity contribution in [3.05, 3.63) is 27.2 Å². The molecule has 0 unspecified atom stereocenters. The number of benzene rings is 1. The summed E-state index contributed by atoms with van der Waals surface area (Å²) in [5.74, 6) is -0.342. The smallest absolute Gasteiger partial charge is 0.256 e. The number of ether oxygens (including phenoxy) is 1. The Morgan fingerprint density at radius 1 is 1.24 bits per heavy atom. The molecule has 17 heavy (non-hydrogen) atoms. The molecule has 6 heteroatoms. The standard InChI is InChI=1S/C11H12Cl3NO2/c1-11(2,17-3)10(16)15-9-7(13)4-6(12)5-8(9)14/h4-5H,1-3H3,(H,15,16). The molecule has 1 N–H and O–H groups in total. The van der Waals surface area contributed by atoms with Crippen LogP contribution in [-0.2, 0) is 9.53 Å². The zero-order valence-electron chi connectivity index (χ0n) is 9.61. The van der Waals surface area contributed by atoms with Crippen molar-refractivity contribution in [1.29, 1.82) is 0 Å². The second-order valence-electron chi connectivity index (χ2n) is 3.91. The van der Waals surface area contributed by atoms with E-state index in [2.05, 4.69) is 5.32 Å². The molecule has 0 saturated carbocycles. The Morgan fingerprint density at radius 2 is 1.71 bits per heavy atom. The number of hydrogen-bond donors (Lipinski definition) is 1. The first-order chi connectivity index (χ1) is 7.77. The van der Waals surface area contributed by atoms with Crippen LogP contribution in [0.2, 0.25) is 15.1 Å². The molecule has 0 aliphatic rings. The van der Waals surface area contributed by atoms with Gasteiger partial charge >= 0.3 is 0 Å². The summed E-state index contributed by atoms with van der Waals surface area (Å²) < 4.78 is 5.05. The molecule has 0 radical (unpaired) electrons. The van der Waals surface area contributed by atoms with Crippen molar-refractivity contribution in [1.82, 2.24) is 0 Å². The van der Waals surface area contributed by atoms with Crippen molar-refractivity contribution >= 4 is 46.4 Å². The van der Waals surface area contributed by atoms with E-state index in [0.717, 1.165) is 0 Å². The Morgan fingerprint density at radius 3 is 2.12 bits per heavy atom. The second kappa shape index (κ2) is 5.44. The number of anilines is 1. The summed E-state index contributed by atoms with van der Waals surface area (Å²) in [4.78, 5) is 11.9. The van der Waals surface area contributed by atoms with Gasteiger partial charge in [0.2, 0.25) is 0 Å². The molecule has 0 bridgehead atoms. The van der Waals surface area contributed by atoms with Crippen LogP contribution >= 0.6 is 34.8 Å². The minimum absolute atomic E-state index is 0.280. The van der Waals surface area contributed by atoms with Gasteiger partial charge in [-0.25, -0.2) is 0 Å². The minimum atomic E-state index is -0.966. The summed E-state index contributed by atoms with van der Waals surface area (Å²) in [5, 5.41) is 3.58. The molecule has 1 aromatic rings. The number of nitrogens with one attached hydrogen (secondary N) is 1. The molecule has 1 rings (SSSR count). The number of halogens is 3. The monoisotopic (exact) mass is 295 g/mol. The second-order valence-corrected chi connectivity index (χ2v) is 5.16. The minimum Gasteiger partial charge on any atom is -0.369 e. The largest absolute Gasteiger partial charge is 0.369 e. The predicted molar refractivity (Wildman–Crippen MR) is 71.2 cm³/mol. The van der Waals surface area contributed by atoms with Gasteiger partial charge in [0, 0.05) is 12.1 Å². The summed E-state index contributed by atoms with van der Waals surface area (Å²) in [5.41, 5.74) is -0.639. The Bertz CT molecular complexity index is 423. The first kappa shape index (κ1) is 14.6. The fourth-order valence-electron chi connectivity index (χ4n) is 1.02. The highest BCUT2D eigenvalue weighted by Crippen LogP contribution is 2.34. The van der Waals surface area contributed by atoms with Gasteiger partial charge in [0.05, 0.1) is 15.7 Å². The third kappa shape index (κ3) is 3.49. The van der Waals surface area contributed by atoms with Crippen molar-refractivity contribution in [2.75, 3.05) is 12.4 Å². The predicted octanol–water partition coefficient (Wildman–Crippen LogP) is 4.01. The Balaban J connectivity index is 3.01. The first-order valence-corrected chi connectivity index (χ1v) is 5.92. The number of methoxy groups -OCH3 is 1. The van der Waals surface area contributed by atoms with Crippen LogP contribution in [-0.4, -0.2) is 18.6 Å². The highest BCUT2D eigenvalue weighted by atomic mass is 35.5. The van der Waals surface area contributed by atoms with Crippen molar-refractivity contribution in [2.45, 2.75) is 19.4 Å². The van der Waals surface area contributed by atoms with E-state index in [1.165, 1.54) is 19.2 Å². The van der Waals surface area contributed by atoms with E-state index in [-0.39, 0.29) is 16.0 Å². The lowest BCUT2D eigenvalue weighted by molar-refractivity contribution is -0.133. The molecule has 0 aliphatic heterocycles. The van der Waals surface area contributed by atoms with Gasteiger partial charge in [0.15, 0.2) is 0 Å². The number of carbonyl (C=O) groups excluding carboxylic acids is 1. The quantitative estimate of drug-likeness (QED) is 0.915. The van der Waals surface area contributed by atoms with Gasteiger partial charge in [-0.2, -0.15) is 0 Å². The zero-order chi connectivity index (χ0) is 13.2. The fourth-order valence-corrected chi connectivity index (χ4v) is 1.93. The van der Waals surface area contributed by atoms with Crippen LogP contribution in [0, 0.1) is 0 Å². The fraction of sp³-hybridized carbons (Fsp3) is 0.364. The molecule has 1 aromatic carbocycles. The maximum atomic E-state index is 11.9. The van der Waals surface area contributed by atoms with Crippen LogP contribution in [0.5, 0.6) is 0 Å². The van der Waals surface area contributed by atoms with E-state index in [1.807, 2.05) is 0 Å². The van der Waals surface area contributed by atoms with Crippen molar-refractivity contribution in [2.24, 2.45) is 0 Å². The normalized spacial score (nSPS) is 11.4. The number of carbonyl (C=O) groups is 1. The van der Waals surface area contributed by atoms with Crippen LogP contribution < -0.4 is 5.32 Å². The Kier molecular flexibility index (Phi) is 4.67. The molecule has 94 valence electrons. The third-order valence-electron chi connectivity index (χ3n) is 2.30. The van der Waals surface area contributed by atoms with Gasteiger partial charge in [0.25, 0.3) is 5.91 Å². The average molecular weight is 297 g/mol. The molecule has 0 heterocycles. The maximum Gasteiger partial charge on any atom is 0.256 e. The van der Waals surface area contributed by atoms with Crippen LogP contribution in [0.1, 0.15) is 13.8 Å². The summed E-state index contributed by atoms with van der Waals surface area (Å²) in [6, 6.07) is 3.01. The third-order valence-corrected chi connectivity index (χ3v) is 3.12. The SMILES string of the molecule is COC(C)(C)C(=O)Nc1c(Cl)cc(Cl)cc1Cl. The molecule has 1 amide bonds. The summed E-state index contributed by atoms with van der Waals surface area (Å²) in [6.07, 6.45) is 0. The first-order valence-electron chi connectivity index (χ1n) is 4.79. The molecule has 0 spiro atoms. The summed E-state index contributed by atoms with van der Waals surface area (Å²) in [6.45, 7) is 3.28. The lowest BCUT2D eigenvalue weighted by Gasteiger charge is -2.22. The van der Waals surface area contributed by atoms with E-state index in [0.29, 0.717) is 10.7 Å². The van der Waals surface area contributed by atoms with Gasteiger partial charge in [-0.3, -0.25) is 4.79 Å². The zero-order valence-corrected chi connectivity index (χ0v) is 11.9. The van der Waals surface area contributed by atoms with Crippen molar-refractivity contribution in [3.63, 3.8) is 0 Å². The van der Waals surface area contributed by atoms with E-state index in [1.54, 1.807) is 13.8 Å². The van der Waals surface area contributed by atoms with Gasteiger partial charge in [-0.15, -0.1) is 0 Å². The number of hydrogen-bond acceptors (Lipinski definition) is 2. The van der Waals surface area contributed by atoms with E-state index < -0.39 is 5.60 Å². The molecule has 0 aliphatic carbocycles. The molecular formula is C11H12Cl3NO2. The van der Waals surface area contributed by atoms with Gasteiger partial charge in [-0.1, -0.05) is 34.8 Å². The van der Waals surface area contributed by atoms with E-state index in [4.69, 9.17) is 39.5 Å². The van der Waals surface area contributed by atoms with Crippen LogP contribution in [0.3, 0.4) is 0 Å². The molecule has 0 aromatic heterocycles. The van der Waals surface area contributed by atoms with Crippen LogP contribution in [0.25, 0.3) is 0 Å². The number of amides is 1. The van der Waals surface area contributed by atoms with Gasteiger partial charge < -0.3 is 10.1 Å². The molecule has 0 fully saturated rings. The maximum absolute atomic E-state index is 11.9. The average Bonchev–Trinajstić information content (AvgIpc) is 2.22. The highest BCUT2D eigenvalue weighted by molar-refractivity contribution is 6.42.